The van der Waals surface area contributed by atoms with Gasteiger partial charge in [0, 0.05) is 6.54 Å². The molecule has 4 nitrogen and oxygen atoms in total. The van der Waals surface area contributed by atoms with Crippen LogP contribution in [0.1, 0.15) is 5.56 Å². The van der Waals surface area contributed by atoms with Crippen molar-refractivity contribution in [1.29, 1.82) is 0 Å². The average Bonchev–Trinajstić information content (AvgIpc) is 2.48. The van der Waals surface area contributed by atoms with Crippen molar-refractivity contribution in [2.75, 3.05) is 11.9 Å². The Balaban J connectivity index is 1.77. The monoisotopic (exact) mass is 283 g/mol. The molecule has 3 aromatic rings. The number of phenolic OH excluding ortho intramolecular Hbond substituents is 1. The van der Waals surface area contributed by atoms with Gasteiger partial charge in [0.25, 0.3) is 0 Å². The largest absolute Gasteiger partial charge is 0.508 e. The summed E-state index contributed by atoms with van der Waals surface area (Å²) in [5.41, 5.74) is 1.58. The number of aromatic hydroxyl groups is 1. The van der Waals surface area contributed by atoms with E-state index in [0.29, 0.717) is 29.7 Å². The molecule has 0 unspecified atom stereocenters. The van der Waals surface area contributed by atoms with Gasteiger partial charge in [0.1, 0.15) is 23.7 Å². The molecule has 2 aromatic carbocycles. The molecule has 0 saturated carbocycles. The maximum Gasteiger partial charge on any atom is 0.140 e. The van der Waals surface area contributed by atoms with E-state index >= 15 is 0 Å². The Morgan fingerprint density at radius 2 is 1.95 bits per heavy atom. The number of aromatic nitrogens is 2. The van der Waals surface area contributed by atoms with E-state index in [2.05, 4.69) is 15.3 Å². The molecule has 1 aromatic heterocycles. The zero-order valence-electron chi connectivity index (χ0n) is 11.3. The highest BCUT2D eigenvalue weighted by molar-refractivity contribution is 5.89. The predicted octanol–water partition coefficient (Wildman–Crippen LogP) is 3.13. The fourth-order valence-electron chi connectivity index (χ4n) is 2.24. The number of nitrogens with one attached hydrogen (secondary N) is 1. The molecule has 0 aliphatic heterocycles. The molecule has 21 heavy (non-hydrogen) atoms. The van der Waals surface area contributed by atoms with Crippen LogP contribution in [-0.4, -0.2) is 21.6 Å². The molecule has 106 valence electrons. The highest BCUT2D eigenvalue weighted by atomic mass is 19.1. The van der Waals surface area contributed by atoms with Crippen molar-refractivity contribution in [1.82, 2.24) is 9.97 Å². The van der Waals surface area contributed by atoms with Gasteiger partial charge in [-0.3, -0.25) is 0 Å². The first-order valence-corrected chi connectivity index (χ1v) is 6.65. The van der Waals surface area contributed by atoms with Crippen molar-refractivity contribution in [3.63, 3.8) is 0 Å². The zero-order chi connectivity index (χ0) is 14.7. The second kappa shape index (κ2) is 5.75. The van der Waals surface area contributed by atoms with Crippen LogP contribution in [-0.2, 0) is 6.42 Å². The third-order valence-corrected chi connectivity index (χ3v) is 3.23. The minimum atomic E-state index is -0.340. The molecule has 0 amide bonds. The molecule has 0 spiro atoms. The molecule has 0 saturated heterocycles. The molecular formula is C16H14FN3O. The Morgan fingerprint density at radius 3 is 2.81 bits per heavy atom. The van der Waals surface area contributed by atoms with Crippen LogP contribution < -0.4 is 5.32 Å². The fraction of sp³-hybridized carbons (Fsp3) is 0.125. The highest BCUT2D eigenvalue weighted by Crippen LogP contribution is 2.22. The van der Waals surface area contributed by atoms with Crippen molar-refractivity contribution < 1.29 is 9.50 Å². The van der Waals surface area contributed by atoms with Crippen LogP contribution in [0.25, 0.3) is 10.9 Å². The first-order valence-electron chi connectivity index (χ1n) is 6.65. The van der Waals surface area contributed by atoms with Crippen molar-refractivity contribution in [3.05, 3.63) is 60.2 Å². The molecular weight excluding hydrogens is 269 g/mol. The number of halogens is 1. The molecule has 2 N–H and O–H groups in total. The SMILES string of the molecule is Oc1cccc(CCNc2ncnc3cccc(F)c23)c1. The Hall–Kier alpha value is -2.69. The first kappa shape index (κ1) is 13.3. The number of nitrogens with zero attached hydrogens (tertiary/aromatic N) is 2. The topological polar surface area (TPSA) is 58.0 Å². The zero-order valence-corrected chi connectivity index (χ0v) is 11.3. The van der Waals surface area contributed by atoms with E-state index in [1.165, 1.54) is 12.4 Å². The molecule has 0 aliphatic rings. The lowest BCUT2D eigenvalue weighted by Gasteiger charge is -2.09. The highest BCUT2D eigenvalue weighted by Gasteiger charge is 2.08. The lowest BCUT2D eigenvalue weighted by atomic mass is 10.1. The minimum absolute atomic E-state index is 0.242. The summed E-state index contributed by atoms with van der Waals surface area (Å²) in [7, 11) is 0. The van der Waals surface area contributed by atoms with Crippen molar-refractivity contribution >= 4 is 16.7 Å². The molecule has 0 aliphatic carbocycles. The van der Waals surface area contributed by atoms with Gasteiger partial charge in [-0.2, -0.15) is 0 Å². The van der Waals surface area contributed by atoms with Gasteiger partial charge in [-0.15, -0.1) is 0 Å². The van der Waals surface area contributed by atoms with E-state index in [0.717, 1.165) is 5.56 Å². The van der Waals surface area contributed by atoms with Gasteiger partial charge in [0.15, 0.2) is 0 Å². The summed E-state index contributed by atoms with van der Waals surface area (Å²) in [6.45, 7) is 0.587. The van der Waals surface area contributed by atoms with Gasteiger partial charge in [0.05, 0.1) is 10.9 Å². The minimum Gasteiger partial charge on any atom is -0.508 e. The van der Waals surface area contributed by atoms with E-state index in [4.69, 9.17) is 0 Å². The Morgan fingerprint density at radius 1 is 1.10 bits per heavy atom. The van der Waals surface area contributed by atoms with Gasteiger partial charge in [-0.25, -0.2) is 14.4 Å². The van der Waals surface area contributed by atoms with Crippen LogP contribution in [0.2, 0.25) is 0 Å². The molecule has 5 heteroatoms. The lowest BCUT2D eigenvalue weighted by Crippen LogP contribution is -2.07. The van der Waals surface area contributed by atoms with Crippen LogP contribution in [0.3, 0.4) is 0 Å². The normalized spacial score (nSPS) is 10.7. The number of phenols is 1. The molecule has 1 heterocycles. The van der Waals surface area contributed by atoms with Gasteiger partial charge in [0.2, 0.25) is 0 Å². The molecule has 3 rings (SSSR count). The number of benzene rings is 2. The summed E-state index contributed by atoms with van der Waals surface area (Å²) in [6.07, 6.45) is 2.12. The molecule has 0 fully saturated rings. The maximum atomic E-state index is 13.9. The first-order chi connectivity index (χ1) is 10.2. The number of rotatable bonds is 4. The maximum absolute atomic E-state index is 13.9. The predicted molar refractivity (Wildman–Crippen MR) is 79.8 cm³/mol. The van der Waals surface area contributed by atoms with Gasteiger partial charge in [-0.1, -0.05) is 18.2 Å². The van der Waals surface area contributed by atoms with Gasteiger partial charge >= 0.3 is 0 Å². The van der Waals surface area contributed by atoms with Crippen LogP contribution in [0.4, 0.5) is 10.2 Å². The quantitative estimate of drug-likeness (QED) is 0.772. The number of hydrogen-bond acceptors (Lipinski definition) is 4. The summed E-state index contributed by atoms with van der Waals surface area (Å²) in [4.78, 5) is 8.16. The van der Waals surface area contributed by atoms with Gasteiger partial charge in [-0.05, 0) is 36.2 Å². The van der Waals surface area contributed by atoms with Crippen LogP contribution in [0, 0.1) is 5.82 Å². The van der Waals surface area contributed by atoms with E-state index in [9.17, 15) is 9.50 Å². The summed E-state index contributed by atoms with van der Waals surface area (Å²) < 4.78 is 13.9. The lowest BCUT2D eigenvalue weighted by molar-refractivity contribution is 0.474. The number of hydrogen-bond donors (Lipinski definition) is 2. The smallest absolute Gasteiger partial charge is 0.140 e. The van der Waals surface area contributed by atoms with Crippen molar-refractivity contribution in [2.45, 2.75) is 6.42 Å². The molecule has 0 radical (unpaired) electrons. The Kier molecular flexibility index (Phi) is 3.64. The van der Waals surface area contributed by atoms with E-state index in [1.54, 1.807) is 30.3 Å². The van der Waals surface area contributed by atoms with Crippen LogP contribution >= 0.6 is 0 Å². The van der Waals surface area contributed by atoms with Gasteiger partial charge < -0.3 is 10.4 Å². The Labute approximate surface area is 121 Å². The second-order valence-corrected chi connectivity index (χ2v) is 4.70. The summed E-state index contributed by atoms with van der Waals surface area (Å²) in [5, 5.41) is 12.9. The third-order valence-electron chi connectivity index (χ3n) is 3.23. The van der Waals surface area contributed by atoms with Crippen LogP contribution in [0.5, 0.6) is 5.75 Å². The number of fused-ring (bicyclic) bond motifs is 1. The fourth-order valence-corrected chi connectivity index (χ4v) is 2.24. The summed E-state index contributed by atoms with van der Waals surface area (Å²) in [5.74, 6) is 0.386. The van der Waals surface area contributed by atoms with E-state index < -0.39 is 0 Å². The number of anilines is 1. The third kappa shape index (κ3) is 2.91. The van der Waals surface area contributed by atoms with E-state index in [1.807, 2.05) is 6.07 Å². The summed E-state index contributed by atoms with van der Waals surface area (Å²) in [6, 6.07) is 11.8. The standard InChI is InChI=1S/C16H14FN3O/c17-13-5-2-6-14-15(13)16(20-10-19-14)18-8-7-11-3-1-4-12(21)9-11/h1-6,9-10,21H,7-8H2,(H,18,19,20). The van der Waals surface area contributed by atoms with Crippen molar-refractivity contribution in [2.24, 2.45) is 0 Å². The Bertz CT molecular complexity index is 771. The second-order valence-electron chi connectivity index (χ2n) is 4.70. The van der Waals surface area contributed by atoms with E-state index in [-0.39, 0.29) is 11.6 Å². The van der Waals surface area contributed by atoms with Crippen molar-refractivity contribution in [3.8, 4) is 5.75 Å². The molecule has 0 bridgehead atoms. The average molecular weight is 283 g/mol. The summed E-state index contributed by atoms with van der Waals surface area (Å²) >= 11 is 0. The molecule has 0 atom stereocenters. The van der Waals surface area contributed by atoms with Crippen LogP contribution in [0.15, 0.2) is 48.8 Å².